The first kappa shape index (κ1) is 27.7. The molecule has 1 aliphatic heterocycles. The van der Waals surface area contributed by atoms with E-state index in [0.29, 0.717) is 23.7 Å². The molecule has 216 valence electrons. The smallest absolute Gasteiger partial charge is 0.275 e. The fraction of sp³-hybridized carbons (Fsp3) is 0.296. The van der Waals surface area contributed by atoms with Crippen LogP contribution in [0.25, 0.3) is 11.3 Å². The van der Waals surface area contributed by atoms with Gasteiger partial charge in [-0.15, -0.1) is 0 Å². The summed E-state index contributed by atoms with van der Waals surface area (Å²) in [7, 11) is 0. The number of carbonyl (C=O) groups excluding carboxylic acids is 2. The summed E-state index contributed by atoms with van der Waals surface area (Å²) in [5, 5.41) is 16.5. The number of aliphatic hydroxyl groups is 1. The van der Waals surface area contributed by atoms with E-state index >= 15 is 0 Å². The van der Waals surface area contributed by atoms with Gasteiger partial charge in [0.15, 0.2) is 5.82 Å². The summed E-state index contributed by atoms with van der Waals surface area (Å²) in [6.45, 7) is 1.98. The van der Waals surface area contributed by atoms with E-state index in [1.54, 1.807) is 18.0 Å². The number of rotatable bonds is 8. The van der Waals surface area contributed by atoms with Gasteiger partial charge in [0, 0.05) is 41.5 Å². The summed E-state index contributed by atoms with van der Waals surface area (Å²) in [6, 6.07) is 1.55. The quantitative estimate of drug-likeness (QED) is 0.308. The lowest BCUT2D eigenvalue weighted by atomic mass is 10.0. The van der Waals surface area contributed by atoms with E-state index in [1.165, 1.54) is 17.1 Å². The Morgan fingerprint density at radius 3 is 2.71 bits per heavy atom. The van der Waals surface area contributed by atoms with Crippen LogP contribution in [0, 0.1) is 17.7 Å². The highest BCUT2D eigenvalue weighted by Gasteiger charge is 2.53. The number of nitrogens with zero attached hydrogens (tertiary/aromatic N) is 7. The summed E-state index contributed by atoms with van der Waals surface area (Å²) in [5.41, 5.74) is -0.543. The lowest BCUT2D eigenvalue weighted by molar-refractivity contribution is -0.118. The summed E-state index contributed by atoms with van der Waals surface area (Å²) in [4.78, 5) is 43.6. The van der Waals surface area contributed by atoms with Crippen molar-refractivity contribution < 1.29 is 27.9 Å². The molecule has 0 radical (unpaired) electrons. The van der Waals surface area contributed by atoms with Gasteiger partial charge in [0.25, 0.3) is 12.3 Å². The van der Waals surface area contributed by atoms with Crippen molar-refractivity contribution in [3.05, 3.63) is 76.5 Å². The lowest BCUT2D eigenvalue weighted by Gasteiger charge is -2.20. The fourth-order valence-corrected chi connectivity index (χ4v) is 5.19. The minimum Gasteiger partial charge on any atom is -0.390 e. The van der Waals surface area contributed by atoms with Crippen LogP contribution in [0.15, 0.2) is 43.1 Å². The molecule has 11 nitrogen and oxygen atoms in total. The fourth-order valence-electron chi connectivity index (χ4n) is 5.03. The summed E-state index contributed by atoms with van der Waals surface area (Å²) in [6.07, 6.45) is 4.49. The Kier molecular flexibility index (Phi) is 7.10. The van der Waals surface area contributed by atoms with Crippen molar-refractivity contribution in [1.29, 1.82) is 0 Å². The molecule has 0 spiro atoms. The monoisotopic (exact) mass is 598 g/mol. The molecular weight excluding hydrogens is 577 g/mol. The van der Waals surface area contributed by atoms with Crippen molar-refractivity contribution in [2.24, 2.45) is 11.8 Å². The SMILES string of the molecule is CC(c1cnc(N2C[C@H]3C[C@H]3C2=O)nc1CO)n1cc(NC(=O)c2cncc(-c3c(C(F)F)ccc(Cl)c3F)n2)cn1. The number of nitrogens with one attached hydrogen (secondary N) is 1. The number of aromatic nitrogens is 6. The average molecular weight is 599 g/mol. The van der Waals surface area contributed by atoms with Crippen molar-refractivity contribution in [2.75, 3.05) is 16.8 Å². The zero-order valence-corrected chi connectivity index (χ0v) is 22.6. The number of aliphatic hydroxyl groups excluding tert-OH is 1. The van der Waals surface area contributed by atoms with Crippen LogP contribution in [0.3, 0.4) is 0 Å². The first-order valence-corrected chi connectivity index (χ1v) is 13.3. The van der Waals surface area contributed by atoms with E-state index in [1.807, 2.05) is 0 Å². The largest absolute Gasteiger partial charge is 0.390 e. The number of benzene rings is 1. The number of fused-ring (bicyclic) bond motifs is 1. The highest BCUT2D eigenvalue weighted by molar-refractivity contribution is 6.31. The number of carbonyl (C=O) groups is 2. The Morgan fingerprint density at radius 1 is 1.19 bits per heavy atom. The van der Waals surface area contributed by atoms with E-state index in [-0.39, 0.29) is 46.5 Å². The van der Waals surface area contributed by atoms with E-state index in [0.717, 1.165) is 30.9 Å². The third-order valence-electron chi connectivity index (χ3n) is 7.39. The minimum atomic E-state index is -3.01. The van der Waals surface area contributed by atoms with E-state index in [2.05, 4.69) is 30.4 Å². The Bertz CT molecular complexity index is 1720. The Balaban J connectivity index is 1.20. The van der Waals surface area contributed by atoms with Gasteiger partial charge < -0.3 is 10.4 Å². The normalized spacial score (nSPS) is 18.4. The molecule has 42 heavy (non-hydrogen) atoms. The number of piperidine rings is 1. The molecule has 0 bridgehead atoms. The second kappa shape index (κ2) is 10.8. The maximum atomic E-state index is 14.7. The molecule has 1 saturated carbocycles. The number of halogens is 4. The van der Waals surface area contributed by atoms with E-state index in [9.17, 15) is 27.9 Å². The van der Waals surface area contributed by atoms with Gasteiger partial charge in [0.05, 0.1) is 53.3 Å². The standard InChI is InChI=1S/C27H22ClF3N8O3/c1-12(17-6-33-27(37-21(17)11-40)38-9-13-4-16(13)26(38)42)39-10-14(5-34-39)35-25(41)20-8-32-7-19(36-20)22-15(24(30)31)2-3-18(28)23(22)29/h2-3,5-8,10,12-13,16,24,40H,4,9,11H2,1H3,(H,35,41)/t12?,13-,16-/m1/s1. The maximum Gasteiger partial charge on any atom is 0.275 e. The Labute approximate surface area is 241 Å². The third-order valence-corrected chi connectivity index (χ3v) is 7.69. The molecule has 1 saturated heterocycles. The molecule has 1 aromatic carbocycles. The van der Waals surface area contributed by atoms with Crippen LogP contribution < -0.4 is 10.2 Å². The highest BCUT2D eigenvalue weighted by atomic mass is 35.5. The van der Waals surface area contributed by atoms with E-state index in [4.69, 9.17) is 11.6 Å². The molecule has 2 aliphatic rings. The number of amides is 2. The Hall–Kier alpha value is -4.43. The number of anilines is 2. The molecule has 4 aromatic rings. The maximum absolute atomic E-state index is 14.7. The minimum absolute atomic E-state index is 0.000428. The molecule has 2 N–H and O–H groups in total. The van der Waals surface area contributed by atoms with E-state index < -0.39 is 35.3 Å². The third kappa shape index (κ3) is 4.96. The number of alkyl halides is 2. The predicted octanol–water partition coefficient (Wildman–Crippen LogP) is 4.20. The summed E-state index contributed by atoms with van der Waals surface area (Å²) < 4.78 is 43.3. The molecule has 3 atom stereocenters. The van der Waals surface area contributed by atoms with Crippen LogP contribution in [0.1, 0.15) is 53.1 Å². The van der Waals surface area contributed by atoms with Gasteiger partial charge in [-0.25, -0.2) is 28.1 Å². The number of hydrogen-bond acceptors (Lipinski definition) is 8. The molecule has 4 heterocycles. The molecule has 1 unspecified atom stereocenters. The zero-order chi connectivity index (χ0) is 29.7. The molecule has 6 rings (SSSR count). The van der Waals surface area contributed by atoms with Gasteiger partial charge in [0.1, 0.15) is 5.69 Å². The van der Waals surface area contributed by atoms with Gasteiger partial charge in [-0.3, -0.25) is 24.2 Å². The first-order valence-electron chi connectivity index (χ1n) is 12.9. The summed E-state index contributed by atoms with van der Waals surface area (Å²) in [5.74, 6) is -1.20. The lowest BCUT2D eigenvalue weighted by Crippen LogP contribution is -2.30. The first-order chi connectivity index (χ1) is 20.2. The molecule has 3 aromatic heterocycles. The molecule has 2 fully saturated rings. The average Bonchev–Trinajstić information content (AvgIpc) is 3.49. The number of hydrogen-bond donors (Lipinski definition) is 2. The zero-order valence-electron chi connectivity index (χ0n) is 21.9. The van der Waals surface area contributed by atoms with Crippen molar-refractivity contribution in [1.82, 2.24) is 29.7 Å². The van der Waals surface area contributed by atoms with Crippen LogP contribution in [-0.2, 0) is 11.4 Å². The van der Waals surface area contributed by atoms with Crippen LogP contribution in [0.4, 0.5) is 24.8 Å². The van der Waals surface area contributed by atoms with Crippen molar-refractivity contribution in [3.8, 4) is 11.3 Å². The molecule has 1 aliphatic carbocycles. The predicted molar refractivity (Wildman–Crippen MR) is 143 cm³/mol. The second-order valence-electron chi connectivity index (χ2n) is 10.0. The topological polar surface area (TPSA) is 139 Å². The Morgan fingerprint density at radius 2 is 2.00 bits per heavy atom. The summed E-state index contributed by atoms with van der Waals surface area (Å²) >= 11 is 5.80. The van der Waals surface area contributed by atoms with Crippen LogP contribution in [0.2, 0.25) is 5.02 Å². The molecule has 15 heteroatoms. The highest BCUT2D eigenvalue weighted by Crippen LogP contribution is 2.46. The van der Waals surface area contributed by atoms with Crippen LogP contribution in [-0.4, -0.2) is 53.2 Å². The molecule has 2 amide bonds. The van der Waals surface area contributed by atoms with Crippen molar-refractivity contribution >= 4 is 35.1 Å². The van der Waals surface area contributed by atoms with Gasteiger partial charge in [-0.2, -0.15) is 5.10 Å². The van der Waals surface area contributed by atoms with Gasteiger partial charge in [0.2, 0.25) is 11.9 Å². The van der Waals surface area contributed by atoms with Crippen LogP contribution in [0.5, 0.6) is 0 Å². The van der Waals surface area contributed by atoms with Crippen LogP contribution >= 0.6 is 11.6 Å². The molecular formula is C27H22ClF3N8O3. The second-order valence-corrected chi connectivity index (χ2v) is 10.4. The van der Waals surface area contributed by atoms with Crippen molar-refractivity contribution in [3.63, 3.8) is 0 Å². The van der Waals surface area contributed by atoms with Gasteiger partial charge in [-0.1, -0.05) is 17.7 Å². The van der Waals surface area contributed by atoms with Crippen molar-refractivity contribution in [2.45, 2.75) is 32.4 Å². The van der Waals surface area contributed by atoms with Gasteiger partial charge in [-0.05, 0) is 25.3 Å². The van der Waals surface area contributed by atoms with Gasteiger partial charge >= 0.3 is 0 Å².